The van der Waals surface area contributed by atoms with Crippen molar-refractivity contribution in [3.8, 4) is 5.75 Å². The summed E-state index contributed by atoms with van der Waals surface area (Å²) >= 11 is 14.1. The third-order valence-electron chi connectivity index (χ3n) is 3.79. The van der Waals surface area contributed by atoms with Crippen molar-refractivity contribution in [1.29, 1.82) is 0 Å². The molecular weight excluding hydrogens is 492 g/mol. The molecule has 1 unspecified atom stereocenters. The second-order valence-corrected chi connectivity index (χ2v) is 7.60. The molecule has 0 saturated carbocycles. The van der Waals surface area contributed by atoms with Crippen molar-refractivity contribution >= 4 is 63.3 Å². The Bertz CT molecular complexity index is 878. The van der Waals surface area contributed by atoms with Crippen molar-refractivity contribution in [3.63, 3.8) is 0 Å². The first kappa shape index (κ1) is 19.2. The van der Waals surface area contributed by atoms with E-state index in [1.54, 1.807) is 25.1 Å². The molecule has 1 aliphatic rings. The minimum absolute atomic E-state index is 0.188. The van der Waals surface area contributed by atoms with Crippen LogP contribution in [0.15, 0.2) is 36.4 Å². The molecule has 0 aliphatic carbocycles. The lowest BCUT2D eigenvalue weighted by molar-refractivity contribution is -0.151. The van der Waals surface area contributed by atoms with Crippen LogP contribution in [0.3, 0.4) is 0 Å². The molecule has 0 spiro atoms. The molecule has 26 heavy (non-hydrogen) atoms. The van der Waals surface area contributed by atoms with Crippen LogP contribution in [0.2, 0.25) is 10.0 Å². The van der Waals surface area contributed by atoms with Crippen molar-refractivity contribution < 1.29 is 14.4 Å². The van der Waals surface area contributed by atoms with Crippen molar-refractivity contribution in [3.05, 3.63) is 55.6 Å². The van der Waals surface area contributed by atoms with Gasteiger partial charge < -0.3 is 10.2 Å². The third-order valence-corrected chi connectivity index (χ3v) is 4.99. The second kappa shape index (κ2) is 7.99. The number of hydrazine groups is 1. The number of amides is 2. The maximum absolute atomic E-state index is 12.5. The van der Waals surface area contributed by atoms with Crippen molar-refractivity contribution in [1.82, 2.24) is 10.6 Å². The summed E-state index contributed by atoms with van der Waals surface area (Å²) in [4.78, 5) is 30.4. The van der Waals surface area contributed by atoms with E-state index in [0.717, 1.165) is 3.57 Å². The highest BCUT2D eigenvalue weighted by atomic mass is 127. The number of benzene rings is 2. The van der Waals surface area contributed by atoms with Crippen molar-refractivity contribution in [2.75, 3.05) is 5.32 Å². The topological polar surface area (TPSA) is 70.7 Å². The third kappa shape index (κ3) is 3.90. The van der Waals surface area contributed by atoms with Gasteiger partial charge in [-0.3, -0.25) is 9.59 Å². The number of halogens is 3. The van der Waals surface area contributed by atoms with E-state index in [-0.39, 0.29) is 29.0 Å². The number of fused-ring (bicyclic) bond motifs is 1. The van der Waals surface area contributed by atoms with Crippen LogP contribution in [-0.4, -0.2) is 16.8 Å². The summed E-state index contributed by atoms with van der Waals surface area (Å²) in [5, 5.41) is 4.68. The van der Waals surface area contributed by atoms with E-state index in [1.165, 1.54) is 11.1 Å². The number of anilines is 1. The van der Waals surface area contributed by atoms with Crippen molar-refractivity contribution in [2.24, 2.45) is 0 Å². The van der Waals surface area contributed by atoms with Gasteiger partial charge in [0.25, 0.3) is 5.91 Å². The van der Waals surface area contributed by atoms with Crippen molar-refractivity contribution in [2.45, 2.75) is 19.4 Å². The normalized spacial score (nSPS) is 15.4. The lowest BCUT2D eigenvalue weighted by Gasteiger charge is -2.27. The molecule has 1 heterocycles. The van der Waals surface area contributed by atoms with Gasteiger partial charge in [-0.1, -0.05) is 35.7 Å². The highest BCUT2D eigenvalue weighted by Crippen LogP contribution is 2.36. The molecule has 0 aromatic heterocycles. The van der Waals surface area contributed by atoms with Gasteiger partial charge in [0.1, 0.15) is 0 Å². The Hall–Kier alpha value is -1.55. The SMILES string of the molecule is CCC(=O)N(NOc1ccc(Cl)cc1Cl)C1C(=O)Nc2ccc(I)cc21. The van der Waals surface area contributed by atoms with Gasteiger partial charge in [0.2, 0.25) is 5.91 Å². The second-order valence-electron chi connectivity index (χ2n) is 5.51. The Morgan fingerprint density at radius 2 is 2.08 bits per heavy atom. The number of rotatable bonds is 5. The number of nitrogens with zero attached hydrogens (tertiary/aromatic N) is 1. The van der Waals surface area contributed by atoms with Crippen LogP contribution < -0.4 is 15.7 Å². The molecule has 0 saturated heterocycles. The Morgan fingerprint density at radius 3 is 2.77 bits per heavy atom. The zero-order valence-electron chi connectivity index (χ0n) is 13.6. The van der Waals surface area contributed by atoms with Crippen LogP contribution in [0.4, 0.5) is 5.69 Å². The van der Waals surface area contributed by atoms with Crippen LogP contribution in [-0.2, 0) is 9.59 Å². The minimum atomic E-state index is -0.849. The Balaban J connectivity index is 1.88. The van der Waals surface area contributed by atoms with E-state index in [0.29, 0.717) is 16.3 Å². The first-order valence-electron chi connectivity index (χ1n) is 7.70. The summed E-state index contributed by atoms with van der Waals surface area (Å²) in [5.41, 5.74) is 3.94. The summed E-state index contributed by atoms with van der Waals surface area (Å²) in [6.45, 7) is 1.70. The summed E-state index contributed by atoms with van der Waals surface area (Å²) < 4.78 is 0.952. The summed E-state index contributed by atoms with van der Waals surface area (Å²) in [6.07, 6.45) is 0.188. The minimum Gasteiger partial charge on any atom is -0.387 e. The highest BCUT2D eigenvalue weighted by molar-refractivity contribution is 14.1. The van der Waals surface area contributed by atoms with Gasteiger partial charge in [0.15, 0.2) is 11.8 Å². The molecule has 3 rings (SSSR count). The Kier molecular flexibility index (Phi) is 5.91. The Morgan fingerprint density at radius 1 is 1.31 bits per heavy atom. The number of carbonyl (C=O) groups is 2. The molecule has 2 N–H and O–H groups in total. The van der Waals surface area contributed by atoms with Gasteiger partial charge in [-0.15, -0.1) is 0 Å². The van der Waals surface area contributed by atoms with E-state index < -0.39 is 6.04 Å². The number of hydrogen-bond acceptors (Lipinski definition) is 4. The molecule has 9 heteroatoms. The smallest absolute Gasteiger partial charge is 0.253 e. The van der Waals surface area contributed by atoms with Gasteiger partial charge in [-0.25, -0.2) is 5.01 Å². The highest BCUT2D eigenvalue weighted by Gasteiger charge is 2.38. The summed E-state index contributed by atoms with van der Waals surface area (Å²) in [7, 11) is 0. The van der Waals surface area contributed by atoms with E-state index in [2.05, 4.69) is 33.5 Å². The molecule has 0 radical (unpaired) electrons. The molecule has 2 aromatic rings. The van der Waals surface area contributed by atoms with Crippen LogP contribution in [0.1, 0.15) is 24.9 Å². The molecule has 1 aliphatic heterocycles. The zero-order valence-corrected chi connectivity index (χ0v) is 17.2. The maximum atomic E-state index is 12.5. The Labute approximate surface area is 173 Å². The molecular formula is C17H14Cl2IN3O3. The van der Waals surface area contributed by atoms with Crippen LogP contribution in [0.5, 0.6) is 5.75 Å². The number of carbonyl (C=O) groups excluding carboxylic acids is 2. The van der Waals surface area contributed by atoms with Gasteiger partial charge in [-0.2, -0.15) is 0 Å². The molecule has 0 fully saturated rings. The summed E-state index contributed by atoms with van der Waals surface area (Å²) in [5.74, 6) is -0.338. The molecule has 136 valence electrons. The fraction of sp³-hybridized carbons (Fsp3) is 0.176. The average Bonchev–Trinajstić information content (AvgIpc) is 2.92. The fourth-order valence-corrected chi connectivity index (χ4v) is 3.51. The lowest BCUT2D eigenvalue weighted by atomic mass is 10.1. The standard InChI is InChI=1S/C17H14Cl2IN3O3/c1-2-15(24)23(22-26-14-6-3-9(18)7-12(14)19)16-11-8-10(20)4-5-13(11)21-17(16)25/h3-8,16,22H,2H2,1H3,(H,21,25). The van der Waals surface area contributed by atoms with Crippen LogP contribution >= 0.6 is 45.8 Å². The van der Waals surface area contributed by atoms with Gasteiger partial charge in [0, 0.05) is 26.3 Å². The van der Waals surface area contributed by atoms with Gasteiger partial charge in [0.05, 0.1) is 5.02 Å². The summed E-state index contributed by atoms with van der Waals surface area (Å²) in [6, 6.07) is 9.38. The predicted molar refractivity (Wildman–Crippen MR) is 108 cm³/mol. The number of nitrogens with one attached hydrogen (secondary N) is 2. The monoisotopic (exact) mass is 505 g/mol. The van der Waals surface area contributed by atoms with E-state index in [1.807, 2.05) is 12.1 Å². The first-order valence-corrected chi connectivity index (χ1v) is 9.54. The predicted octanol–water partition coefficient (Wildman–Crippen LogP) is 4.33. The molecule has 1 atom stereocenters. The average molecular weight is 506 g/mol. The van der Waals surface area contributed by atoms with E-state index in [4.69, 9.17) is 28.0 Å². The number of hydrogen-bond donors (Lipinski definition) is 2. The first-order chi connectivity index (χ1) is 12.4. The molecule has 2 aromatic carbocycles. The largest absolute Gasteiger partial charge is 0.387 e. The molecule has 2 amide bonds. The van der Waals surface area contributed by atoms with E-state index >= 15 is 0 Å². The van der Waals surface area contributed by atoms with Gasteiger partial charge in [-0.05, 0) is 59.0 Å². The lowest BCUT2D eigenvalue weighted by Crippen LogP contribution is -2.48. The maximum Gasteiger partial charge on any atom is 0.253 e. The quantitative estimate of drug-likeness (QED) is 0.468. The molecule has 0 bridgehead atoms. The van der Waals surface area contributed by atoms with Gasteiger partial charge >= 0.3 is 0 Å². The fourth-order valence-electron chi connectivity index (χ4n) is 2.55. The van der Waals surface area contributed by atoms with Crippen LogP contribution in [0.25, 0.3) is 0 Å². The van der Waals surface area contributed by atoms with E-state index in [9.17, 15) is 9.59 Å². The molecule has 6 nitrogen and oxygen atoms in total. The van der Waals surface area contributed by atoms with Crippen LogP contribution in [0, 0.1) is 3.57 Å². The zero-order chi connectivity index (χ0) is 18.8.